The summed E-state index contributed by atoms with van der Waals surface area (Å²) < 4.78 is 10.6. The number of ether oxygens (including phenoxy) is 2. The van der Waals surface area contributed by atoms with Crippen molar-refractivity contribution in [1.29, 1.82) is 0 Å². The van der Waals surface area contributed by atoms with Gasteiger partial charge in [0, 0.05) is 19.7 Å². The maximum absolute atomic E-state index is 6.10. The van der Waals surface area contributed by atoms with Crippen molar-refractivity contribution in [2.45, 2.75) is 33.2 Å². The van der Waals surface area contributed by atoms with E-state index in [0.717, 1.165) is 13.0 Å². The second-order valence-electron chi connectivity index (χ2n) is 4.29. The van der Waals surface area contributed by atoms with Crippen LogP contribution >= 0.6 is 0 Å². The van der Waals surface area contributed by atoms with Crippen LogP contribution in [0.15, 0.2) is 6.33 Å². The molecule has 0 saturated heterocycles. The maximum Gasteiger partial charge on any atom is 0.242 e. The molecule has 1 rings (SSSR count). The quantitative estimate of drug-likeness (QED) is 0.773. The lowest BCUT2D eigenvalue weighted by molar-refractivity contribution is 0.203. The van der Waals surface area contributed by atoms with E-state index in [1.807, 2.05) is 6.92 Å². The van der Waals surface area contributed by atoms with Crippen molar-refractivity contribution in [1.82, 2.24) is 9.97 Å². The molecule has 0 spiro atoms. The Morgan fingerprint density at radius 3 is 2.68 bits per heavy atom. The molecule has 1 aromatic heterocycles. The summed E-state index contributed by atoms with van der Waals surface area (Å²) in [7, 11) is 1.68. The van der Waals surface area contributed by atoms with Gasteiger partial charge in [0.15, 0.2) is 5.82 Å². The number of rotatable bonds is 8. The fraction of sp³-hybridized carbons (Fsp3) is 0.692. The molecule has 2 N–H and O–H groups in total. The molecule has 1 atom stereocenters. The molecule has 0 aliphatic rings. The Morgan fingerprint density at radius 1 is 1.37 bits per heavy atom. The van der Waals surface area contributed by atoms with Gasteiger partial charge in [0.2, 0.25) is 5.88 Å². The molecule has 0 aliphatic heterocycles. The van der Waals surface area contributed by atoms with Gasteiger partial charge in [0.1, 0.15) is 12.0 Å². The number of methoxy groups -OCH3 is 1. The molecule has 1 heterocycles. The molecule has 1 aromatic rings. The van der Waals surface area contributed by atoms with Gasteiger partial charge in [0.05, 0.1) is 13.2 Å². The number of nitrogen functional groups attached to an aromatic ring is 1. The molecule has 19 heavy (non-hydrogen) atoms. The number of nitrogens with zero attached hydrogens (tertiary/aromatic N) is 3. The van der Waals surface area contributed by atoms with Crippen molar-refractivity contribution in [2.24, 2.45) is 0 Å². The summed E-state index contributed by atoms with van der Waals surface area (Å²) in [5, 5.41) is 0. The number of anilines is 2. The molecule has 0 radical (unpaired) electrons. The molecule has 0 amide bonds. The van der Waals surface area contributed by atoms with Gasteiger partial charge in [-0.2, -0.15) is 4.98 Å². The average molecular weight is 268 g/mol. The van der Waals surface area contributed by atoms with E-state index in [1.54, 1.807) is 7.11 Å². The van der Waals surface area contributed by atoms with Gasteiger partial charge in [-0.1, -0.05) is 6.92 Å². The Bertz CT molecular complexity index is 387. The lowest BCUT2D eigenvalue weighted by atomic mass is 10.2. The zero-order valence-electron chi connectivity index (χ0n) is 12.2. The van der Waals surface area contributed by atoms with Crippen LogP contribution in [0.25, 0.3) is 0 Å². The van der Waals surface area contributed by atoms with Crippen LogP contribution in [0.5, 0.6) is 5.88 Å². The normalized spacial score (nSPS) is 12.2. The molecule has 108 valence electrons. The Hall–Kier alpha value is -1.56. The Balaban J connectivity index is 3.03. The summed E-state index contributed by atoms with van der Waals surface area (Å²) in [5.74, 6) is 1.16. The lowest BCUT2D eigenvalue weighted by Gasteiger charge is -2.30. The van der Waals surface area contributed by atoms with Crippen LogP contribution in [0.3, 0.4) is 0 Å². The fourth-order valence-electron chi connectivity index (χ4n) is 1.80. The number of aromatic nitrogens is 2. The van der Waals surface area contributed by atoms with Crippen molar-refractivity contribution in [2.75, 3.05) is 37.5 Å². The topological polar surface area (TPSA) is 73.5 Å². The van der Waals surface area contributed by atoms with Crippen LogP contribution in [0.4, 0.5) is 11.5 Å². The molecule has 6 nitrogen and oxygen atoms in total. The van der Waals surface area contributed by atoms with E-state index in [1.165, 1.54) is 6.33 Å². The van der Waals surface area contributed by atoms with E-state index in [-0.39, 0.29) is 0 Å². The molecule has 0 fully saturated rings. The molecule has 0 aliphatic carbocycles. The van der Waals surface area contributed by atoms with Crippen LogP contribution in [-0.4, -0.2) is 42.9 Å². The highest BCUT2D eigenvalue weighted by atomic mass is 16.5. The summed E-state index contributed by atoms with van der Waals surface area (Å²) in [6.45, 7) is 8.06. The number of nitrogens with two attached hydrogens (primary N) is 1. The smallest absolute Gasteiger partial charge is 0.242 e. The van der Waals surface area contributed by atoms with Crippen LogP contribution in [-0.2, 0) is 4.74 Å². The third kappa shape index (κ3) is 3.96. The Kier molecular flexibility index (Phi) is 6.35. The number of hydrogen-bond acceptors (Lipinski definition) is 6. The predicted octanol–water partition coefficient (Wildman–Crippen LogP) is 1.71. The zero-order valence-corrected chi connectivity index (χ0v) is 12.2. The van der Waals surface area contributed by atoms with Crippen molar-refractivity contribution in [3.05, 3.63) is 6.33 Å². The monoisotopic (exact) mass is 268 g/mol. The van der Waals surface area contributed by atoms with E-state index in [0.29, 0.717) is 36.6 Å². The first-order valence-corrected chi connectivity index (χ1v) is 6.64. The minimum Gasteiger partial charge on any atom is -0.476 e. The minimum atomic E-state index is 0.321. The highest BCUT2D eigenvalue weighted by Gasteiger charge is 2.19. The largest absolute Gasteiger partial charge is 0.476 e. The number of hydrogen-bond donors (Lipinski definition) is 1. The summed E-state index contributed by atoms with van der Waals surface area (Å²) >= 11 is 0. The molecular weight excluding hydrogens is 244 g/mol. The van der Waals surface area contributed by atoms with E-state index in [2.05, 4.69) is 28.7 Å². The van der Waals surface area contributed by atoms with Gasteiger partial charge < -0.3 is 20.1 Å². The molecule has 0 bridgehead atoms. The van der Waals surface area contributed by atoms with E-state index in [4.69, 9.17) is 15.2 Å². The van der Waals surface area contributed by atoms with Gasteiger partial charge in [-0.15, -0.1) is 0 Å². The highest BCUT2D eigenvalue weighted by molar-refractivity contribution is 5.68. The molecule has 1 unspecified atom stereocenters. The first kappa shape index (κ1) is 15.5. The van der Waals surface area contributed by atoms with Crippen LogP contribution < -0.4 is 15.4 Å². The molecule has 0 aromatic carbocycles. The van der Waals surface area contributed by atoms with Crippen LogP contribution in [0.1, 0.15) is 27.2 Å². The fourth-order valence-corrected chi connectivity index (χ4v) is 1.80. The third-order valence-electron chi connectivity index (χ3n) is 3.04. The van der Waals surface area contributed by atoms with Gasteiger partial charge in [0.25, 0.3) is 0 Å². The molecule has 0 saturated carbocycles. The van der Waals surface area contributed by atoms with E-state index >= 15 is 0 Å². The third-order valence-corrected chi connectivity index (χ3v) is 3.04. The predicted molar refractivity (Wildman–Crippen MR) is 76.6 cm³/mol. The maximum atomic E-state index is 6.10. The van der Waals surface area contributed by atoms with Gasteiger partial charge in [-0.05, 0) is 20.3 Å². The van der Waals surface area contributed by atoms with Crippen molar-refractivity contribution in [3.8, 4) is 5.88 Å². The Morgan fingerprint density at radius 2 is 2.11 bits per heavy atom. The standard InChI is InChI=1S/C13H24N4O2/c1-5-10(3)17(7-8-18-4)12-11(14)13(19-6-2)16-9-15-12/h9-10H,5-8,14H2,1-4H3. The second kappa shape index (κ2) is 7.78. The van der Waals surface area contributed by atoms with Crippen LogP contribution in [0, 0.1) is 0 Å². The van der Waals surface area contributed by atoms with Crippen molar-refractivity contribution in [3.63, 3.8) is 0 Å². The van der Waals surface area contributed by atoms with Gasteiger partial charge in [-0.3, -0.25) is 0 Å². The summed E-state index contributed by atoms with van der Waals surface area (Å²) in [4.78, 5) is 10.5. The second-order valence-corrected chi connectivity index (χ2v) is 4.29. The summed E-state index contributed by atoms with van der Waals surface area (Å²) in [6, 6.07) is 0.321. The van der Waals surface area contributed by atoms with Crippen molar-refractivity contribution < 1.29 is 9.47 Å². The minimum absolute atomic E-state index is 0.321. The summed E-state index contributed by atoms with van der Waals surface area (Å²) in [6.07, 6.45) is 2.48. The van der Waals surface area contributed by atoms with E-state index < -0.39 is 0 Å². The SMILES string of the molecule is CCOc1ncnc(N(CCOC)C(C)CC)c1N. The zero-order chi connectivity index (χ0) is 14.3. The summed E-state index contributed by atoms with van der Waals surface area (Å²) in [5.41, 5.74) is 6.59. The Labute approximate surface area is 114 Å². The van der Waals surface area contributed by atoms with Crippen molar-refractivity contribution >= 4 is 11.5 Å². The molecule has 6 heteroatoms. The first-order valence-electron chi connectivity index (χ1n) is 6.64. The van der Waals surface area contributed by atoms with E-state index in [9.17, 15) is 0 Å². The average Bonchev–Trinajstić information content (AvgIpc) is 2.42. The highest BCUT2D eigenvalue weighted by Crippen LogP contribution is 2.29. The van der Waals surface area contributed by atoms with Gasteiger partial charge >= 0.3 is 0 Å². The van der Waals surface area contributed by atoms with Gasteiger partial charge in [-0.25, -0.2) is 4.98 Å². The first-order chi connectivity index (χ1) is 9.15. The van der Waals surface area contributed by atoms with Crippen LogP contribution in [0.2, 0.25) is 0 Å². The molecular formula is C13H24N4O2. The lowest BCUT2D eigenvalue weighted by Crippen LogP contribution is -2.36.